The van der Waals surface area contributed by atoms with Crippen LogP contribution in [0.4, 0.5) is 0 Å². The van der Waals surface area contributed by atoms with Gasteiger partial charge in [0.25, 0.3) is 0 Å². The van der Waals surface area contributed by atoms with Crippen LogP contribution in [0.5, 0.6) is 0 Å². The first-order chi connectivity index (χ1) is 12.4. The molecule has 0 fully saturated rings. The third-order valence-corrected chi connectivity index (χ3v) is 3.63. The van der Waals surface area contributed by atoms with E-state index in [1.807, 2.05) is 12.1 Å². The Morgan fingerprint density at radius 1 is 0.680 bits per heavy atom. The van der Waals surface area contributed by atoms with Crippen LogP contribution in [-0.4, -0.2) is 15.4 Å². The van der Waals surface area contributed by atoms with Crippen molar-refractivity contribution in [3.8, 4) is 11.1 Å². The summed E-state index contributed by atoms with van der Waals surface area (Å²) in [5, 5.41) is 9.26. The average molecular weight is 325 g/mol. The third-order valence-electron chi connectivity index (χ3n) is 3.63. The Morgan fingerprint density at radius 2 is 1.36 bits per heavy atom. The minimum atomic E-state index is 1.22. The van der Waals surface area contributed by atoms with Gasteiger partial charge in [0.1, 0.15) is 0 Å². The first kappa shape index (κ1) is 16.4. The Morgan fingerprint density at radius 3 is 2.00 bits per heavy atom. The van der Waals surface area contributed by atoms with Gasteiger partial charge in [-0.1, -0.05) is 102 Å². The Balaban J connectivity index is 0.000000314. The van der Waals surface area contributed by atoms with E-state index in [0.717, 1.165) is 0 Å². The monoisotopic (exact) mass is 325 g/mol. The lowest BCUT2D eigenvalue weighted by atomic mass is 9.99. The number of aromatic nitrogens is 3. The minimum absolute atomic E-state index is 1.22. The van der Waals surface area contributed by atoms with Crippen LogP contribution in [0.3, 0.4) is 0 Å². The third kappa shape index (κ3) is 5.01. The van der Waals surface area contributed by atoms with Crippen LogP contribution < -0.4 is 0 Å². The van der Waals surface area contributed by atoms with E-state index in [-0.39, 0.29) is 0 Å². The van der Waals surface area contributed by atoms with E-state index < -0.39 is 0 Å². The van der Waals surface area contributed by atoms with E-state index in [4.69, 9.17) is 0 Å². The summed E-state index contributed by atoms with van der Waals surface area (Å²) < 4.78 is 0. The Kier molecular flexibility index (Phi) is 5.90. The maximum atomic E-state index is 3.42. The molecule has 0 spiro atoms. The molecular weight excluding hydrogens is 306 g/mol. The molecule has 1 N–H and O–H groups in total. The van der Waals surface area contributed by atoms with Crippen molar-refractivity contribution in [1.82, 2.24) is 15.4 Å². The second-order valence-corrected chi connectivity index (χ2v) is 5.36. The van der Waals surface area contributed by atoms with Gasteiger partial charge < -0.3 is 0 Å². The molecular formula is C22H19N3. The van der Waals surface area contributed by atoms with E-state index in [2.05, 4.69) is 100 Å². The fraction of sp³-hybridized carbons (Fsp3) is 0. The van der Waals surface area contributed by atoms with E-state index in [1.54, 1.807) is 12.4 Å². The van der Waals surface area contributed by atoms with Crippen molar-refractivity contribution in [3.05, 3.63) is 108 Å². The molecule has 0 radical (unpaired) electrons. The van der Waals surface area contributed by atoms with Crippen LogP contribution in [0.1, 0.15) is 11.1 Å². The molecule has 1 aromatic heterocycles. The van der Waals surface area contributed by atoms with Crippen LogP contribution in [-0.2, 0) is 0 Å². The number of H-pyrrole nitrogens is 1. The van der Waals surface area contributed by atoms with Crippen molar-refractivity contribution >= 4 is 12.2 Å². The number of aromatic amines is 1. The highest BCUT2D eigenvalue weighted by Gasteiger charge is 2.00. The molecule has 25 heavy (non-hydrogen) atoms. The molecule has 0 saturated carbocycles. The maximum Gasteiger partial charge on any atom is 0.0690 e. The molecule has 3 nitrogen and oxygen atoms in total. The number of benzene rings is 3. The zero-order valence-corrected chi connectivity index (χ0v) is 13.8. The van der Waals surface area contributed by atoms with E-state index in [9.17, 15) is 0 Å². The molecule has 0 unspecified atom stereocenters. The summed E-state index contributed by atoms with van der Waals surface area (Å²) in [6.45, 7) is 0. The normalized spacial score (nSPS) is 10.2. The number of nitrogens with one attached hydrogen (secondary N) is 1. The summed E-state index contributed by atoms with van der Waals surface area (Å²) >= 11 is 0. The van der Waals surface area contributed by atoms with Crippen LogP contribution in [0, 0.1) is 0 Å². The molecule has 3 heteroatoms. The molecule has 0 saturated heterocycles. The predicted molar refractivity (Wildman–Crippen MR) is 104 cm³/mol. The Hall–Kier alpha value is -3.46. The molecule has 0 bridgehead atoms. The topological polar surface area (TPSA) is 41.6 Å². The van der Waals surface area contributed by atoms with Crippen molar-refractivity contribution in [2.45, 2.75) is 0 Å². The van der Waals surface area contributed by atoms with Gasteiger partial charge in [0.2, 0.25) is 0 Å². The minimum Gasteiger partial charge on any atom is -0.266 e. The fourth-order valence-electron chi connectivity index (χ4n) is 2.44. The summed E-state index contributed by atoms with van der Waals surface area (Å²) in [5.41, 5.74) is 4.97. The lowest BCUT2D eigenvalue weighted by Crippen LogP contribution is -1.82. The van der Waals surface area contributed by atoms with Gasteiger partial charge in [-0.2, -0.15) is 0 Å². The van der Waals surface area contributed by atoms with E-state index in [1.165, 1.54) is 22.3 Å². The molecule has 0 aliphatic rings. The van der Waals surface area contributed by atoms with Crippen LogP contribution >= 0.6 is 0 Å². The first-order valence-electron chi connectivity index (χ1n) is 8.11. The summed E-state index contributed by atoms with van der Waals surface area (Å²) in [5.74, 6) is 0. The van der Waals surface area contributed by atoms with Crippen molar-refractivity contribution in [2.24, 2.45) is 0 Å². The molecule has 4 aromatic rings. The summed E-state index contributed by atoms with van der Waals surface area (Å²) in [6, 6.07) is 29.4. The van der Waals surface area contributed by atoms with Gasteiger partial charge in [-0.15, -0.1) is 5.10 Å². The molecule has 0 aliphatic carbocycles. The van der Waals surface area contributed by atoms with Gasteiger partial charge in [-0.25, -0.2) is 0 Å². The van der Waals surface area contributed by atoms with Crippen LogP contribution in [0.25, 0.3) is 23.3 Å². The standard InChI is InChI=1S/C20H16.C2H3N3/c1-3-9-17(10-4-1)15-16-19-13-7-8-14-20(19)18-11-5-2-6-12-18;1-2-4-5-3-1/h1-16H;1-2H,(H,3,4,5)/b16-15+;. The van der Waals surface area contributed by atoms with Crippen LogP contribution in [0.2, 0.25) is 0 Å². The Bertz CT molecular complexity index is 866. The Labute approximate surface area is 147 Å². The lowest BCUT2D eigenvalue weighted by Gasteiger charge is -2.06. The molecule has 3 aromatic carbocycles. The second-order valence-electron chi connectivity index (χ2n) is 5.36. The van der Waals surface area contributed by atoms with Crippen molar-refractivity contribution in [1.29, 1.82) is 0 Å². The molecule has 0 aliphatic heterocycles. The summed E-state index contributed by atoms with van der Waals surface area (Å²) in [6.07, 6.45) is 7.57. The largest absolute Gasteiger partial charge is 0.266 e. The summed E-state index contributed by atoms with van der Waals surface area (Å²) in [4.78, 5) is 0. The summed E-state index contributed by atoms with van der Waals surface area (Å²) in [7, 11) is 0. The second kappa shape index (κ2) is 8.99. The van der Waals surface area contributed by atoms with Gasteiger partial charge in [-0.3, -0.25) is 5.10 Å². The highest BCUT2D eigenvalue weighted by molar-refractivity contribution is 5.80. The number of hydrogen-bond donors (Lipinski definition) is 1. The van der Waals surface area contributed by atoms with Gasteiger partial charge in [0.05, 0.1) is 6.20 Å². The van der Waals surface area contributed by atoms with E-state index >= 15 is 0 Å². The van der Waals surface area contributed by atoms with Crippen molar-refractivity contribution in [2.75, 3.05) is 0 Å². The SMILES string of the molecule is C(=C\c1ccccc1-c1ccccc1)/c1ccccc1.c1c[nH]nn1. The van der Waals surface area contributed by atoms with Gasteiger partial charge in [0, 0.05) is 6.20 Å². The van der Waals surface area contributed by atoms with Gasteiger partial charge >= 0.3 is 0 Å². The average Bonchev–Trinajstić information content (AvgIpc) is 3.28. The lowest BCUT2D eigenvalue weighted by molar-refractivity contribution is 0.940. The number of hydrogen-bond acceptors (Lipinski definition) is 2. The zero-order chi connectivity index (χ0) is 17.2. The molecule has 0 atom stereocenters. The maximum absolute atomic E-state index is 3.42. The van der Waals surface area contributed by atoms with E-state index in [0.29, 0.717) is 0 Å². The first-order valence-corrected chi connectivity index (χ1v) is 8.11. The molecule has 122 valence electrons. The molecule has 0 amide bonds. The van der Waals surface area contributed by atoms with Crippen molar-refractivity contribution in [3.63, 3.8) is 0 Å². The van der Waals surface area contributed by atoms with Crippen molar-refractivity contribution < 1.29 is 0 Å². The van der Waals surface area contributed by atoms with Gasteiger partial charge in [0.15, 0.2) is 0 Å². The van der Waals surface area contributed by atoms with Gasteiger partial charge in [-0.05, 0) is 22.3 Å². The quantitative estimate of drug-likeness (QED) is 0.517. The number of rotatable bonds is 3. The molecule has 1 heterocycles. The zero-order valence-electron chi connectivity index (χ0n) is 13.8. The fourth-order valence-corrected chi connectivity index (χ4v) is 2.44. The predicted octanol–water partition coefficient (Wildman–Crippen LogP) is 5.33. The highest BCUT2D eigenvalue weighted by atomic mass is 15.3. The highest BCUT2D eigenvalue weighted by Crippen LogP contribution is 2.24. The molecule has 4 rings (SSSR count). The van der Waals surface area contributed by atoms with Crippen LogP contribution in [0.15, 0.2) is 97.3 Å². The number of nitrogens with zero attached hydrogens (tertiary/aromatic N) is 2. The smallest absolute Gasteiger partial charge is 0.0690 e.